The number of Topliss-reactive ketones (excluding diaryl/α,β-unsaturated/α-hetero) is 2. The minimum absolute atomic E-state index is 0.0450. The van der Waals surface area contributed by atoms with Gasteiger partial charge in [-0.1, -0.05) is 72.8 Å². The maximum atomic E-state index is 13.2. The summed E-state index contributed by atoms with van der Waals surface area (Å²) in [6.07, 6.45) is 0.0450. The van der Waals surface area contributed by atoms with Gasteiger partial charge in [0.2, 0.25) is 0 Å². The van der Waals surface area contributed by atoms with Crippen molar-refractivity contribution in [1.82, 2.24) is 0 Å². The SMILES string of the molecule is O=C(CC(C(=O)c1ccccc1)c1ccc(F)cc1)c1ccccc1. The van der Waals surface area contributed by atoms with Crippen LogP contribution in [0.25, 0.3) is 0 Å². The number of benzene rings is 3. The van der Waals surface area contributed by atoms with Gasteiger partial charge in [0.25, 0.3) is 0 Å². The lowest BCUT2D eigenvalue weighted by molar-refractivity contribution is 0.0893. The highest BCUT2D eigenvalue weighted by atomic mass is 19.1. The summed E-state index contributed by atoms with van der Waals surface area (Å²) in [5, 5.41) is 0. The van der Waals surface area contributed by atoms with E-state index in [0.717, 1.165) is 0 Å². The van der Waals surface area contributed by atoms with Crippen LogP contribution in [0, 0.1) is 5.82 Å². The normalized spacial score (nSPS) is 11.7. The molecular formula is C22H17FO2. The molecule has 0 aliphatic carbocycles. The van der Waals surface area contributed by atoms with Crippen LogP contribution in [0.1, 0.15) is 38.6 Å². The van der Waals surface area contributed by atoms with Gasteiger partial charge in [-0.15, -0.1) is 0 Å². The van der Waals surface area contributed by atoms with E-state index in [1.54, 1.807) is 60.7 Å². The quantitative estimate of drug-likeness (QED) is 0.591. The number of rotatable bonds is 6. The molecular weight excluding hydrogens is 315 g/mol. The van der Waals surface area contributed by atoms with Crippen molar-refractivity contribution in [1.29, 1.82) is 0 Å². The Balaban J connectivity index is 1.93. The maximum Gasteiger partial charge on any atom is 0.170 e. The van der Waals surface area contributed by atoms with Gasteiger partial charge >= 0.3 is 0 Å². The first-order valence-electron chi connectivity index (χ1n) is 8.08. The van der Waals surface area contributed by atoms with Gasteiger partial charge in [-0.25, -0.2) is 4.39 Å². The third kappa shape index (κ3) is 4.07. The average molecular weight is 332 g/mol. The number of ketones is 2. The zero-order chi connectivity index (χ0) is 17.6. The van der Waals surface area contributed by atoms with Crippen molar-refractivity contribution in [3.8, 4) is 0 Å². The monoisotopic (exact) mass is 332 g/mol. The molecule has 0 N–H and O–H groups in total. The summed E-state index contributed by atoms with van der Waals surface area (Å²) in [7, 11) is 0. The second kappa shape index (κ2) is 7.67. The largest absolute Gasteiger partial charge is 0.294 e. The second-order valence-corrected chi connectivity index (χ2v) is 5.83. The van der Waals surface area contributed by atoms with Crippen LogP contribution in [-0.4, -0.2) is 11.6 Å². The topological polar surface area (TPSA) is 34.1 Å². The van der Waals surface area contributed by atoms with Gasteiger partial charge in [-0.2, -0.15) is 0 Å². The molecule has 0 aliphatic heterocycles. The number of carbonyl (C=O) groups is 2. The van der Waals surface area contributed by atoms with Crippen molar-refractivity contribution < 1.29 is 14.0 Å². The Kier molecular flexibility index (Phi) is 5.14. The molecule has 2 nitrogen and oxygen atoms in total. The standard InChI is InChI=1S/C22H17FO2/c23-19-13-11-16(12-14-19)20(22(25)18-9-5-2-6-10-18)15-21(24)17-7-3-1-4-8-17/h1-14,20H,15H2. The predicted molar refractivity (Wildman–Crippen MR) is 95.3 cm³/mol. The van der Waals surface area contributed by atoms with Crippen molar-refractivity contribution in [2.75, 3.05) is 0 Å². The molecule has 25 heavy (non-hydrogen) atoms. The highest BCUT2D eigenvalue weighted by Gasteiger charge is 2.25. The Labute approximate surface area is 145 Å². The first kappa shape index (κ1) is 16.8. The van der Waals surface area contributed by atoms with Gasteiger partial charge < -0.3 is 0 Å². The lowest BCUT2D eigenvalue weighted by atomic mass is 9.85. The summed E-state index contributed by atoms with van der Waals surface area (Å²) in [5.41, 5.74) is 1.74. The van der Waals surface area contributed by atoms with E-state index in [1.807, 2.05) is 12.1 Å². The Morgan fingerprint density at radius 3 is 1.80 bits per heavy atom. The van der Waals surface area contributed by atoms with E-state index < -0.39 is 5.92 Å². The Hall–Kier alpha value is -3.07. The van der Waals surface area contributed by atoms with Crippen molar-refractivity contribution in [2.45, 2.75) is 12.3 Å². The van der Waals surface area contributed by atoms with Crippen LogP contribution in [0.4, 0.5) is 4.39 Å². The zero-order valence-electron chi connectivity index (χ0n) is 13.6. The molecule has 3 aromatic rings. The highest BCUT2D eigenvalue weighted by Crippen LogP contribution is 2.26. The van der Waals surface area contributed by atoms with Crippen molar-refractivity contribution >= 4 is 11.6 Å². The van der Waals surface area contributed by atoms with Crippen LogP contribution >= 0.6 is 0 Å². The lowest BCUT2D eigenvalue weighted by Crippen LogP contribution is -2.17. The minimum atomic E-state index is -0.643. The fourth-order valence-electron chi connectivity index (χ4n) is 2.79. The fourth-order valence-corrected chi connectivity index (χ4v) is 2.79. The Morgan fingerprint density at radius 1 is 0.720 bits per heavy atom. The maximum absolute atomic E-state index is 13.2. The molecule has 3 aromatic carbocycles. The van der Waals surface area contributed by atoms with E-state index in [-0.39, 0.29) is 23.8 Å². The third-order valence-corrected chi connectivity index (χ3v) is 4.13. The molecule has 124 valence electrons. The third-order valence-electron chi connectivity index (χ3n) is 4.13. The van der Waals surface area contributed by atoms with E-state index >= 15 is 0 Å². The van der Waals surface area contributed by atoms with Crippen molar-refractivity contribution in [3.63, 3.8) is 0 Å². The van der Waals surface area contributed by atoms with Gasteiger partial charge in [-0.05, 0) is 17.7 Å². The molecule has 0 heterocycles. The summed E-state index contributed by atoms with van der Waals surface area (Å²) in [5.74, 6) is -1.27. The second-order valence-electron chi connectivity index (χ2n) is 5.83. The van der Waals surface area contributed by atoms with E-state index in [0.29, 0.717) is 16.7 Å². The number of hydrogen-bond acceptors (Lipinski definition) is 2. The molecule has 0 aliphatic rings. The van der Waals surface area contributed by atoms with E-state index in [1.165, 1.54) is 12.1 Å². The number of hydrogen-bond donors (Lipinski definition) is 0. The lowest BCUT2D eigenvalue weighted by Gasteiger charge is -2.16. The predicted octanol–water partition coefficient (Wildman–Crippen LogP) is 5.07. The summed E-state index contributed by atoms with van der Waals surface area (Å²) < 4.78 is 13.2. The molecule has 0 fully saturated rings. The van der Waals surface area contributed by atoms with Crippen molar-refractivity contribution in [3.05, 3.63) is 107 Å². The summed E-state index contributed by atoms with van der Waals surface area (Å²) in [6, 6.07) is 23.5. The number of carbonyl (C=O) groups excluding carboxylic acids is 2. The van der Waals surface area contributed by atoms with Crippen LogP contribution in [0.3, 0.4) is 0 Å². The first-order chi connectivity index (χ1) is 12.1. The molecule has 3 rings (SSSR count). The highest BCUT2D eigenvalue weighted by molar-refractivity contribution is 6.06. The van der Waals surface area contributed by atoms with Gasteiger partial charge in [0.1, 0.15) is 5.82 Å². The molecule has 0 amide bonds. The molecule has 0 bridgehead atoms. The molecule has 0 saturated carbocycles. The molecule has 0 spiro atoms. The molecule has 1 atom stereocenters. The van der Waals surface area contributed by atoms with Gasteiger partial charge in [0.15, 0.2) is 11.6 Å². The molecule has 0 aromatic heterocycles. The number of halogens is 1. The minimum Gasteiger partial charge on any atom is -0.294 e. The van der Waals surface area contributed by atoms with Crippen LogP contribution in [0.2, 0.25) is 0 Å². The van der Waals surface area contributed by atoms with E-state index in [2.05, 4.69) is 0 Å². The summed E-state index contributed by atoms with van der Waals surface area (Å²) in [4.78, 5) is 25.6. The summed E-state index contributed by atoms with van der Waals surface area (Å²) in [6.45, 7) is 0. The van der Waals surface area contributed by atoms with E-state index in [9.17, 15) is 14.0 Å². The Morgan fingerprint density at radius 2 is 1.24 bits per heavy atom. The van der Waals surface area contributed by atoms with Crippen molar-refractivity contribution in [2.24, 2.45) is 0 Å². The molecule has 0 saturated heterocycles. The first-order valence-corrected chi connectivity index (χ1v) is 8.08. The fraction of sp³-hybridized carbons (Fsp3) is 0.0909. The Bertz CT molecular complexity index is 856. The summed E-state index contributed by atoms with van der Waals surface area (Å²) >= 11 is 0. The van der Waals surface area contributed by atoms with Crippen LogP contribution in [0.5, 0.6) is 0 Å². The van der Waals surface area contributed by atoms with Crippen LogP contribution in [-0.2, 0) is 0 Å². The van der Waals surface area contributed by atoms with Crippen LogP contribution < -0.4 is 0 Å². The molecule has 0 radical (unpaired) electrons. The smallest absolute Gasteiger partial charge is 0.170 e. The van der Waals surface area contributed by atoms with Gasteiger partial charge in [0.05, 0.1) is 5.92 Å². The molecule has 1 unspecified atom stereocenters. The molecule has 3 heteroatoms. The zero-order valence-corrected chi connectivity index (χ0v) is 13.6. The van der Waals surface area contributed by atoms with Gasteiger partial charge in [0, 0.05) is 17.5 Å². The van der Waals surface area contributed by atoms with E-state index in [4.69, 9.17) is 0 Å². The van der Waals surface area contributed by atoms with Gasteiger partial charge in [-0.3, -0.25) is 9.59 Å². The van der Waals surface area contributed by atoms with Crippen LogP contribution in [0.15, 0.2) is 84.9 Å². The average Bonchev–Trinajstić information content (AvgIpc) is 2.67.